The summed E-state index contributed by atoms with van der Waals surface area (Å²) in [5.41, 5.74) is 2.66. The SMILES string of the molecule is CC1CCN(c2ccnc(C(=O)NC(C)c3ccccc3)c2)CC1. The van der Waals surface area contributed by atoms with Crippen molar-refractivity contribution in [2.24, 2.45) is 5.92 Å². The average molecular weight is 323 g/mol. The number of carbonyl (C=O) groups is 1. The maximum Gasteiger partial charge on any atom is 0.270 e. The first-order chi connectivity index (χ1) is 11.6. The summed E-state index contributed by atoms with van der Waals surface area (Å²) in [5.74, 6) is 0.663. The van der Waals surface area contributed by atoms with E-state index in [-0.39, 0.29) is 11.9 Å². The molecule has 1 aliphatic heterocycles. The lowest BCUT2D eigenvalue weighted by Crippen LogP contribution is -2.33. The highest BCUT2D eigenvalue weighted by Gasteiger charge is 2.18. The van der Waals surface area contributed by atoms with Crippen LogP contribution in [0.4, 0.5) is 5.69 Å². The van der Waals surface area contributed by atoms with E-state index in [9.17, 15) is 4.79 Å². The van der Waals surface area contributed by atoms with Gasteiger partial charge in [0, 0.05) is 25.0 Å². The monoisotopic (exact) mass is 323 g/mol. The van der Waals surface area contributed by atoms with E-state index in [1.54, 1.807) is 6.20 Å². The minimum absolute atomic E-state index is 0.0417. The summed E-state index contributed by atoms with van der Waals surface area (Å²) in [6, 6.07) is 13.8. The maximum absolute atomic E-state index is 12.5. The first-order valence-corrected chi connectivity index (χ1v) is 8.70. The van der Waals surface area contributed by atoms with Crippen molar-refractivity contribution >= 4 is 11.6 Å². The molecule has 3 rings (SSSR count). The normalized spacial score (nSPS) is 16.7. The molecule has 4 nitrogen and oxygen atoms in total. The number of piperidine rings is 1. The van der Waals surface area contributed by atoms with Gasteiger partial charge in [-0.3, -0.25) is 9.78 Å². The highest BCUT2D eigenvalue weighted by Crippen LogP contribution is 2.23. The number of benzene rings is 1. The molecule has 1 atom stereocenters. The smallest absolute Gasteiger partial charge is 0.270 e. The Morgan fingerprint density at radius 2 is 1.92 bits per heavy atom. The number of amides is 1. The largest absolute Gasteiger partial charge is 0.371 e. The Labute approximate surface area is 143 Å². The van der Waals surface area contributed by atoms with Crippen molar-refractivity contribution in [1.82, 2.24) is 10.3 Å². The Hall–Kier alpha value is -2.36. The van der Waals surface area contributed by atoms with E-state index in [0.29, 0.717) is 5.69 Å². The highest BCUT2D eigenvalue weighted by molar-refractivity contribution is 5.93. The molecule has 1 fully saturated rings. The van der Waals surface area contributed by atoms with Crippen LogP contribution < -0.4 is 10.2 Å². The van der Waals surface area contributed by atoms with Gasteiger partial charge in [0.2, 0.25) is 0 Å². The van der Waals surface area contributed by atoms with Crippen LogP contribution in [0, 0.1) is 5.92 Å². The molecule has 0 radical (unpaired) electrons. The van der Waals surface area contributed by atoms with E-state index >= 15 is 0 Å². The van der Waals surface area contributed by atoms with Gasteiger partial charge < -0.3 is 10.2 Å². The summed E-state index contributed by atoms with van der Waals surface area (Å²) >= 11 is 0. The summed E-state index contributed by atoms with van der Waals surface area (Å²) < 4.78 is 0. The lowest BCUT2D eigenvalue weighted by molar-refractivity contribution is 0.0935. The number of hydrogen-bond acceptors (Lipinski definition) is 3. The van der Waals surface area contributed by atoms with E-state index < -0.39 is 0 Å². The van der Waals surface area contributed by atoms with Crippen molar-refractivity contribution in [3.63, 3.8) is 0 Å². The van der Waals surface area contributed by atoms with E-state index in [4.69, 9.17) is 0 Å². The molecule has 1 aromatic heterocycles. The standard InChI is InChI=1S/C20H25N3O/c1-15-9-12-23(13-10-15)18-8-11-21-19(14-18)20(24)22-16(2)17-6-4-3-5-7-17/h3-8,11,14-16H,9-10,12-13H2,1-2H3,(H,22,24). The van der Waals surface area contributed by atoms with Gasteiger partial charge >= 0.3 is 0 Å². The second kappa shape index (κ2) is 7.47. The highest BCUT2D eigenvalue weighted by atomic mass is 16.1. The second-order valence-corrected chi connectivity index (χ2v) is 6.67. The summed E-state index contributed by atoms with van der Waals surface area (Å²) in [6.45, 7) is 6.39. The van der Waals surface area contributed by atoms with Crippen LogP contribution in [0.1, 0.15) is 48.8 Å². The Bertz CT molecular complexity index is 678. The van der Waals surface area contributed by atoms with Crippen LogP contribution in [0.5, 0.6) is 0 Å². The fourth-order valence-electron chi connectivity index (χ4n) is 3.10. The average Bonchev–Trinajstić information content (AvgIpc) is 2.63. The van der Waals surface area contributed by atoms with Crippen LogP contribution in [-0.2, 0) is 0 Å². The zero-order valence-corrected chi connectivity index (χ0v) is 14.4. The molecule has 0 bridgehead atoms. The van der Waals surface area contributed by atoms with Gasteiger partial charge in [-0.25, -0.2) is 0 Å². The van der Waals surface area contributed by atoms with E-state index in [2.05, 4.69) is 22.1 Å². The van der Waals surface area contributed by atoms with Crippen LogP contribution in [0.25, 0.3) is 0 Å². The Kier molecular flexibility index (Phi) is 5.14. The number of carbonyl (C=O) groups excluding carboxylic acids is 1. The van der Waals surface area contributed by atoms with Gasteiger partial charge in [0.1, 0.15) is 5.69 Å². The van der Waals surface area contributed by atoms with E-state index in [1.165, 1.54) is 12.8 Å². The number of anilines is 1. The Morgan fingerprint density at radius 3 is 2.62 bits per heavy atom. The zero-order valence-electron chi connectivity index (χ0n) is 14.4. The quantitative estimate of drug-likeness (QED) is 0.930. The number of nitrogens with zero attached hydrogens (tertiary/aromatic N) is 2. The summed E-state index contributed by atoms with van der Waals surface area (Å²) in [4.78, 5) is 19.1. The molecule has 0 spiro atoms. The Balaban J connectivity index is 1.68. The number of pyridine rings is 1. The number of nitrogens with one attached hydrogen (secondary N) is 1. The molecular weight excluding hydrogens is 298 g/mol. The van der Waals surface area contributed by atoms with Gasteiger partial charge in [0.05, 0.1) is 6.04 Å². The molecular formula is C20H25N3O. The Morgan fingerprint density at radius 1 is 1.21 bits per heavy atom. The minimum Gasteiger partial charge on any atom is -0.371 e. The van der Waals surface area contributed by atoms with Crippen LogP contribution in [0.15, 0.2) is 48.7 Å². The van der Waals surface area contributed by atoms with Gasteiger partial charge in [-0.2, -0.15) is 0 Å². The summed E-state index contributed by atoms with van der Waals surface area (Å²) in [7, 11) is 0. The number of rotatable bonds is 4. The van der Waals surface area contributed by atoms with Crippen molar-refractivity contribution in [1.29, 1.82) is 0 Å². The van der Waals surface area contributed by atoms with Gasteiger partial charge in [-0.1, -0.05) is 37.3 Å². The third-order valence-corrected chi connectivity index (χ3v) is 4.77. The molecule has 0 aliphatic carbocycles. The molecule has 1 saturated heterocycles. The van der Waals surface area contributed by atoms with Gasteiger partial charge in [0.15, 0.2) is 0 Å². The van der Waals surface area contributed by atoms with Crippen LogP contribution in [0.2, 0.25) is 0 Å². The molecule has 24 heavy (non-hydrogen) atoms. The summed E-state index contributed by atoms with van der Waals surface area (Å²) in [6.07, 6.45) is 4.14. The molecule has 4 heteroatoms. The second-order valence-electron chi connectivity index (χ2n) is 6.67. The molecule has 1 aliphatic rings. The zero-order chi connectivity index (χ0) is 16.9. The maximum atomic E-state index is 12.5. The fourth-order valence-corrected chi connectivity index (χ4v) is 3.10. The molecule has 0 saturated carbocycles. The third-order valence-electron chi connectivity index (χ3n) is 4.77. The first-order valence-electron chi connectivity index (χ1n) is 8.70. The number of hydrogen-bond donors (Lipinski definition) is 1. The van der Waals surface area contributed by atoms with Crippen LogP contribution in [0.3, 0.4) is 0 Å². The minimum atomic E-state index is -0.126. The predicted molar refractivity (Wildman–Crippen MR) is 97.2 cm³/mol. The molecule has 1 amide bonds. The van der Waals surface area contributed by atoms with E-state index in [1.807, 2.05) is 49.4 Å². The summed E-state index contributed by atoms with van der Waals surface area (Å²) in [5, 5.41) is 3.03. The lowest BCUT2D eigenvalue weighted by Gasteiger charge is -2.32. The van der Waals surface area contributed by atoms with Gasteiger partial charge in [0.25, 0.3) is 5.91 Å². The topological polar surface area (TPSA) is 45.2 Å². The number of aromatic nitrogens is 1. The van der Waals surface area contributed by atoms with Crippen molar-refractivity contribution in [2.75, 3.05) is 18.0 Å². The van der Waals surface area contributed by atoms with Gasteiger partial charge in [-0.05, 0) is 43.4 Å². The molecule has 1 N–H and O–H groups in total. The van der Waals surface area contributed by atoms with Crippen LogP contribution >= 0.6 is 0 Å². The first kappa shape index (κ1) is 16.5. The van der Waals surface area contributed by atoms with Gasteiger partial charge in [-0.15, -0.1) is 0 Å². The molecule has 1 unspecified atom stereocenters. The molecule has 126 valence electrons. The van der Waals surface area contributed by atoms with Crippen molar-refractivity contribution in [3.05, 3.63) is 59.9 Å². The van der Waals surface area contributed by atoms with Crippen molar-refractivity contribution in [2.45, 2.75) is 32.7 Å². The molecule has 2 aromatic rings. The molecule has 1 aromatic carbocycles. The van der Waals surface area contributed by atoms with Crippen molar-refractivity contribution < 1.29 is 4.79 Å². The van der Waals surface area contributed by atoms with Crippen molar-refractivity contribution in [3.8, 4) is 0 Å². The molecule has 2 heterocycles. The van der Waals surface area contributed by atoms with Crippen LogP contribution in [-0.4, -0.2) is 24.0 Å². The fraction of sp³-hybridized carbons (Fsp3) is 0.400. The predicted octanol–water partition coefficient (Wildman–Crippen LogP) is 3.81. The third kappa shape index (κ3) is 3.94. The van der Waals surface area contributed by atoms with E-state index in [0.717, 1.165) is 30.3 Å². The lowest BCUT2D eigenvalue weighted by atomic mass is 9.99.